The van der Waals surface area contributed by atoms with Crippen LogP contribution in [0.25, 0.3) is 0 Å². The van der Waals surface area contributed by atoms with Crippen LogP contribution in [0.5, 0.6) is 5.75 Å². The molecular formula is C18H21N3O2. The lowest BCUT2D eigenvalue weighted by molar-refractivity contribution is 0.187. The van der Waals surface area contributed by atoms with Gasteiger partial charge in [0, 0.05) is 17.9 Å². The van der Waals surface area contributed by atoms with Crippen molar-refractivity contribution >= 4 is 11.7 Å². The number of hydrogen-bond donors (Lipinski definition) is 1. The standard InChI is InChI=1S/C18H21N3O2/c1-13(17-5-3-4-12-19-17)21(15-8-9-15)18(22)20-14-6-10-16(23-2)11-7-14/h3-7,10-13,15H,8-9H2,1-2H3,(H,20,22)/t13-/m1/s1. The minimum Gasteiger partial charge on any atom is -0.497 e. The molecule has 1 aliphatic rings. The fraction of sp³-hybridized carbons (Fsp3) is 0.333. The quantitative estimate of drug-likeness (QED) is 0.912. The second-order valence-electron chi connectivity index (χ2n) is 5.73. The van der Waals surface area contributed by atoms with Gasteiger partial charge in [0.1, 0.15) is 5.75 Å². The summed E-state index contributed by atoms with van der Waals surface area (Å²) in [6, 6.07) is 13.3. The summed E-state index contributed by atoms with van der Waals surface area (Å²) in [5.41, 5.74) is 1.67. The summed E-state index contributed by atoms with van der Waals surface area (Å²) in [4.78, 5) is 19.0. The van der Waals surface area contributed by atoms with Crippen molar-refractivity contribution < 1.29 is 9.53 Å². The minimum atomic E-state index is -0.0872. The Kier molecular flexibility index (Phi) is 4.46. The smallest absolute Gasteiger partial charge is 0.322 e. The van der Waals surface area contributed by atoms with Crippen LogP contribution in [0.3, 0.4) is 0 Å². The fourth-order valence-electron chi connectivity index (χ4n) is 2.64. The third-order valence-corrected chi connectivity index (χ3v) is 4.05. The number of ether oxygens (including phenoxy) is 1. The molecule has 0 bridgehead atoms. The van der Waals surface area contributed by atoms with Crippen LogP contribution >= 0.6 is 0 Å². The number of carbonyl (C=O) groups is 1. The lowest BCUT2D eigenvalue weighted by Gasteiger charge is -2.29. The van der Waals surface area contributed by atoms with Gasteiger partial charge < -0.3 is 15.0 Å². The summed E-state index contributed by atoms with van der Waals surface area (Å²) in [6.45, 7) is 2.02. The van der Waals surface area contributed by atoms with Crippen LogP contribution in [0, 0.1) is 0 Å². The van der Waals surface area contributed by atoms with E-state index in [9.17, 15) is 4.79 Å². The van der Waals surface area contributed by atoms with Crippen LogP contribution in [0.2, 0.25) is 0 Å². The Morgan fingerprint density at radius 2 is 2.00 bits per heavy atom. The highest BCUT2D eigenvalue weighted by molar-refractivity contribution is 5.90. The highest BCUT2D eigenvalue weighted by atomic mass is 16.5. The third kappa shape index (κ3) is 3.62. The number of nitrogens with zero attached hydrogens (tertiary/aromatic N) is 2. The molecule has 23 heavy (non-hydrogen) atoms. The molecule has 2 aromatic rings. The predicted octanol–water partition coefficient (Wildman–Crippen LogP) is 3.85. The van der Waals surface area contributed by atoms with Crippen molar-refractivity contribution in [3.8, 4) is 5.75 Å². The largest absolute Gasteiger partial charge is 0.497 e. The fourth-order valence-corrected chi connectivity index (χ4v) is 2.64. The summed E-state index contributed by atoms with van der Waals surface area (Å²) in [6.07, 6.45) is 3.86. The number of urea groups is 1. The number of nitrogens with one attached hydrogen (secondary N) is 1. The second-order valence-corrected chi connectivity index (χ2v) is 5.73. The first-order valence-electron chi connectivity index (χ1n) is 7.83. The Balaban J connectivity index is 1.74. The van der Waals surface area contributed by atoms with Gasteiger partial charge >= 0.3 is 6.03 Å². The first kappa shape index (κ1) is 15.3. The van der Waals surface area contributed by atoms with Crippen molar-refractivity contribution in [2.75, 3.05) is 12.4 Å². The van der Waals surface area contributed by atoms with Gasteiger partial charge in [-0.3, -0.25) is 4.98 Å². The molecule has 1 fully saturated rings. The molecule has 1 aliphatic carbocycles. The maximum absolute atomic E-state index is 12.7. The molecule has 1 saturated carbocycles. The zero-order chi connectivity index (χ0) is 16.2. The van der Waals surface area contributed by atoms with E-state index in [1.165, 1.54) is 0 Å². The zero-order valence-electron chi connectivity index (χ0n) is 13.4. The maximum Gasteiger partial charge on any atom is 0.322 e. The third-order valence-electron chi connectivity index (χ3n) is 4.05. The van der Waals surface area contributed by atoms with Crippen molar-refractivity contribution in [2.24, 2.45) is 0 Å². The first-order valence-corrected chi connectivity index (χ1v) is 7.83. The van der Waals surface area contributed by atoms with E-state index in [2.05, 4.69) is 10.3 Å². The van der Waals surface area contributed by atoms with Crippen molar-refractivity contribution in [2.45, 2.75) is 31.8 Å². The molecule has 3 rings (SSSR count). The van der Waals surface area contributed by atoms with Gasteiger partial charge in [-0.1, -0.05) is 6.07 Å². The van der Waals surface area contributed by atoms with E-state index in [4.69, 9.17) is 4.74 Å². The maximum atomic E-state index is 12.7. The molecule has 0 unspecified atom stereocenters. The number of benzene rings is 1. The Hall–Kier alpha value is -2.56. The van der Waals surface area contributed by atoms with Crippen molar-refractivity contribution in [3.63, 3.8) is 0 Å². The molecule has 5 heteroatoms. The van der Waals surface area contributed by atoms with E-state index in [0.29, 0.717) is 6.04 Å². The number of rotatable bonds is 5. The lowest BCUT2D eigenvalue weighted by atomic mass is 10.2. The minimum absolute atomic E-state index is 0.0538. The van der Waals surface area contributed by atoms with E-state index in [1.54, 1.807) is 13.3 Å². The number of carbonyl (C=O) groups excluding carboxylic acids is 1. The molecule has 1 N–H and O–H groups in total. The second kappa shape index (κ2) is 6.69. The van der Waals surface area contributed by atoms with Crippen LogP contribution in [0.4, 0.5) is 10.5 Å². The number of aromatic nitrogens is 1. The van der Waals surface area contributed by atoms with Crippen LogP contribution in [-0.2, 0) is 0 Å². The molecule has 1 aromatic carbocycles. The van der Waals surface area contributed by atoms with E-state index < -0.39 is 0 Å². The van der Waals surface area contributed by atoms with E-state index >= 15 is 0 Å². The van der Waals surface area contributed by atoms with Crippen LogP contribution in [0.15, 0.2) is 48.7 Å². The Bertz CT molecular complexity index is 654. The van der Waals surface area contributed by atoms with E-state index in [-0.39, 0.29) is 12.1 Å². The lowest BCUT2D eigenvalue weighted by Crippen LogP contribution is -2.39. The van der Waals surface area contributed by atoms with Crippen molar-refractivity contribution in [3.05, 3.63) is 54.4 Å². The number of pyridine rings is 1. The molecule has 5 nitrogen and oxygen atoms in total. The van der Waals surface area contributed by atoms with Gasteiger partial charge in [-0.15, -0.1) is 0 Å². The van der Waals surface area contributed by atoms with Gasteiger partial charge in [0.05, 0.1) is 18.8 Å². The summed E-state index contributed by atoms with van der Waals surface area (Å²) in [5, 5.41) is 2.97. The van der Waals surface area contributed by atoms with Crippen LogP contribution < -0.4 is 10.1 Å². The van der Waals surface area contributed by atoms with Crippen LogP contribution in [0.1, 0.15) is 31.5 Å². The molecule has 120 valence electrons. The molecule has 1 atom stereocenters. The molecule has 1 aromatic heterocycles. The van der Waals surface area contributed by atoms with Gasteiger partial charge in [-0.2, -0.15) is 0 Å². The first-order chi connectivity index (χ1) is 11.2. The van der Waals surface area contributed by atoms with Crippen LogP contribution in [-0.4, -0.2) is 29.1 Å². The Morgan fingerprint density at radius 3 is 2.57 bits per heavy atom. The zero-order valence-corrected chi connectivity index (χ0v) is 13.4. The van der Waals surface area contributed by atoms with Crippen molar-refractivity contribution in [1.82, 2.24) is 9.88 Å². The molecule has 0 spiro atoms. The van der Waals surface area contributed by atoms with Gasteiger partial charge in [-0.25, -0.2) is 4.79 Å². The van der Waals surface area contributed by atoms with E-state index in [1.807, 2.05) is 54.3 Å². The van der Waals surface area contributed by atoms with E-state index in [0.717, 1.165) is 30.0 Å². The highest BCUT2D eigenvalue weighted by Gasteiger charge is 2.36. The van der Waals surface area contributed by atoms with Crippen molar-refractivity contribution in [1.29, 1.82) is 0 Å². The Morgan fingerprint density at radius 1 is 1.26 bits per heavy atom. The number of amides is 2. The predicted molar refractivity (Wildman–Crippen MR) is 89.5 cm³/mol. The average Bonchev–Trinajstić information content (AvgIpc) is 3.41. The number of anilines is 1. The van der Waals surface area contributed by atoms with Gasteiger partial charge in [-0.05, 0) is 56.2 Å². The highest BCUT2D eigenvalue weighted by Crippen LogP contribution is 2.34. The topological polar surface area (TPSA) is 54.5 Å². The van der Waals surface area contributed by atoms with Gasteiger partial charge in [0.15, 0.2) is 0 Å². The summed E-state index contributed by atoms with van der Waals surface area (Å²) in [5.74, 6) is 0.768. The molecular weight excluding hydrogens is 290 g/mol. The monoisotopic (exact) mass is 311 g/mol. The number of methoxy groups -OCH3 is 1. The van der Waals surface area contributed by atoms with Gasteiger partial charge in [0.2, 0.25) is 0 Å². The van der Waals surface area contributed by atoms with Gasteiger partial charge in [0.25, 0.3) is 0 Å². The molecule has 0 saturated heterocycles. The summed E-state index contributed by atoms with van der Waals surface area (Å²) >= 11 is 0. The molecule has 2 amide bonds. The molecule has 0 radical (unpaired) electrons. The normalized spacial score (nSPS) is 14.9. The average molecular weight is 311 g/mol. The summed E-state index contributed by atoms with van der Waals surface area (Å²) < 4.78 is 5.13. The summed E-state index contributed by atoms with van der Waals surface area (Å²) in [7, 11) is 1.62. The number of hydrogen-bond acceptors (Lipinski definition) is 3. The molecule has 1 heterocycles. The Labute approximate surface area is 136 Å². The molecule has 0 aliphatic heterocycles. The SMILES string of the molecule is COc1ccc(NC(=O)N(C2CC2)[C@H](C)c2ccccn2)cc1.